The highest BCUT2D eigenvalue weighted by atomic mass is 16.4. The van der Waals surface area contributed by atoms with E-state index in [4.69, 9.17) is 4.42 Å². The van der Waals surface area contributed by atoms with Gasteiger partial charge < -0.3 is 9.73 Å². The molecule has 0 unspecified atom stereocenters. The molecule has 0 radical (unpaired) electrons. The van der Waals surface area contributed by atoms with E-state index >= 15 is 0 Å². The average Bonchev–Trinajstić information content (AvgIpc) is 2.53. The van der Waals surface area contributed by atoms with E-state index in [9.17, 15) is 9.59 Å². The Balaban J connectivity index is 2.36. The number of aromatic nitrogens is 1. The van der Waals surface area contributed by atoms with Crippen LogP contribution in [-0.2, 0) is 11.2 Å². The molecule has 0 saturated heterocycles. The predicted molar refractivity (Wildman–Crippen MR) is 95.2 cm³/mol. The molecule has 1 aromatic carbocycles. The number of nitrogens with zero attached hydrogens (tertiary/aromatic N) is 1. The molecule has 2 aromatic heterocycles. The molecule has 0 atom stereocenters. The van der Waals surface area contributed by atoms with Gasteiger partial charge in [0.15, 0.2) is 0 Å². The van der Waals surface area contributed by atoms with Gasteiger partial charge in [-0.1, -0.05) is 39.0 Å². The van der Waals surface area contributed by atoms with Crippen molar-refractivity contribution >= 4 is 33.5 Å². The van der Waals surface area contributed by atoms with Crippen LogP contribution in [0.5, 0.6) is 0 Å². The minimum atomic E-state index is -0.487. The van der Waals surface area contributed by atoms with Crippen LogP contribution in [0.1, 0.15) is 32.9 Å². The molecule has 124 valence electrons. The summed E-state index contributed by atoms with van der Waals surface area (Å²) in [6.07, 6.45) is 1.08. The highest BCUT2D eigenvalue weighted by Crippen LogP contribution is 2.28. The Morgan fingerprint density at radius 3 is 2.71 bits per heavy atom. The average molecular weight is 324 g/mol. The lowest BCUT2D eigenvalue weighted by Crippen LogP contribution is -2.15. The number of hydrogen-bond acceptors (Lipinski definition) is 4. The summed E-state index contributed by atoms with van der Waals surface area (Å²) in [4.78, 5) is 28.8. The van der Waals surface area contributed by atoms with Crippen molar-refractivity contribution in [2.45, 2.75) is 33.6 Å². The molecule has 2 heterocycles. The van der Waals surface area contributed by atoms with E-state index in [1.807, 2.05) is 24.3 Å². The summed E-state index contributed by atoms with van der Waals surface area (Å²) in [7, 11) is 0. The van der Waals surface area contributed by atoms with E-state index in [0.717, 1.165) is 22.9 Å². The number of fused-ring (bicyclic) bond motifs is 3. The number of benzene rings is 1. The molecular formula is C19H20N2O3. The van der Waals surface area contributed by atoms with Gasteiger partial charge in [-0.15, -0.1) is 0 Å². The normalized spacial score (nSPS) is 11.3. The van der Waals surface area contributed by atoms with Gasteiger partial charge in [-0.3, -0.25) is 4.79 Å². The Morgan fingerprint density at radius 1 is 1.25 bits per heavy atom. The summed E-state index contributed by atoms with van der Waals surface area (Å²) in [6.45, 7) is 5.97. The van der Waals surface area contributed by atoms with Gasteiger partial charge in [0.2, 0.25) is 5.91 Å². The van der Waals surface area contributed by atoms with E-state index in [-0.39, 0.29) is 11.7 Å². The number of anilines is 1. The lowest BCUT2D eigenvalue weighted by Gasteiger charge is -2.12. The molecule has 5 heteroatoms. The van der Waals surface area contributed by atoms with Crippen LogP contribution in [0, 0.1) is 5.92 Å². The molecule has 0 bridgehead atoms. The molecule has 3 aromatic rings. The molecular weight excluding hydrogens is 304 g/mol. The third kappa shape index (κ3) is 3.02. The van der Waals surface area contributed by atoms with E-state index in [1.54, 1.807) is 13.0 Å². The van der Waals surface area contributed by atoms with Crippen molar-refractivity contribution in [1.29, 1.82) is 0 Å². The first-order chi connectivity index (χ1) is 11.5. The topological polar surface area (TPSA) is 72.2 Å². The summed E-state index contributed by atoms with van der Waals surface area (Å²) in [5.74, 6) is 0.517. The number of carbonyl (C=O) groups is 1. The van der Waals surface area contributed by atoms with E-state index in [2.05, 4.69) is 24.1 Å². The van der Waals surface area contributed by atoms with Crippen LogP contribution in [0.25, 0.3) is 21.7 Å². The fourth-order valence-corrected chi connectivity index (χ4v) is 2.78. The number of nitrogens with one attached hydrogen (secondary N) is 1. The highest BCUT2D eigenvalue weighted by molar-refractivity contribution is 6.10. The van der Waals surface area contributed by atoms with Crippen molar-refractivity contribution in [2.75, 3.05) is 5.32 Å². The van der Waals surface area contributed by atoms with Gasteiger partial charge in [-0.05, 0) is 24.5 Å². The number of carbonyl (C=O) groups excluding carboxylic acids is 1. The van der Waals surface area contributed by atoms with Crippen LogP contribution in [0.15, 0.2) is 39.5 Å². The zero-order valence-corrected chi connectivity index (χ0v) is 14.1. The van der Waals surface area contributed by atoms with Crippen molar-refractivity contribution in [1.82, 2.24) is 4.98 Å². The molecule has 0 aliphatic rings. The maximum atomic E-state index is 12.5. The van der Waals surface area contributed by atoms with Gasteiger partial charge in [-0.25, -0.2) is 9.78 Å². The Morgan fingerprint density at radius 2 is 2.00 bits per heavy atom. The molecule has 0 saturated carbocycles. The molecule has 0 fully saturated rings. The van der Waals surface area contributed by atoms with E-state index in [0.29, 0.717) is 23.3 Å². The molecule has 0 spiro atoms. The fraction of sp³-hybridized carbons (Fsp3) is 0.316. The molecule has 3 rings (SSSR count). The molecule has 1 N–H and O–H groups in total. The minimum Gasteiger partial charge on any atom is -0.422 e. The summed E-state index contributed by atoms with van der Waals surface area (Å²) in [6, 6.07) is 9.33. The van der Waals surface area contributed by atoms with Crippen molar-refractivity contribution < 1.29 is 9.21 Å². The monoisotopic (exact) mass is 324 g/mol. The Kier molecular flexibility index (Phi) is 4.34. The van der Waals surface area contributed by atoms with E-state index < -0.39 is 5.63 Å². The quantitative estimate of drug-likeness (QED) is 0.584. The van der Waals surface area contributed by atoms with Gasteiger partial charge in [0.05, 0.1) is 0 Å². The van der Waals surface area contributed by atoms with Gasteiger partial charge in [0.25, 0.3) is 0 Å². The number of amides is 1. The maximum Gasteiger partial charge on any atom is 0.347 e. The van der Waals surface area contributed by atoms with E-state index in [1.165, 1.54) is 0 Å². The zero-order chi connectivity index (χ0) is 17.3. The maximum absolute atomic E-state index is 12.5. The van der Waals surface area contributed by atoms with Crippen molar-refractivity contribution in [3.05, 3.63) is 46.4 Å². The standard InChI is InChI=1S/C19H20N2O3/c1-4-16(22)21-18-17-14(10-12(20-18)9-11(2)3)13-7-5-6-8-15(13)24-19(17)23/h5-8,10-11H,4,9H2,1-3H3,(H,20,21,22). The highest BCUT2D eigenvalue weighted by Gasteiger charge is 2.16. The minimum absolute atomic E-state index is 0.182. The summed E-state index contributed by atoms with van der Waals surface area (Å²) in [5.41, 5.74) is 0.892. The Bertz CT molecular complexity index is 973. The Hall–Kier alpha value is -2.69. The van der Waals surface area contributed by atoms with Gasteiger partial charge >= 0.3 is 5.63 Å². The van der Waals surface area contributed by atoms with Crippen molar-refractivity contribution in [3.8, 4) is 0 Å². The molecule has 1 amide bonds. The van der Waals surface area contributed by atoms with Crippen LogP contribution < -0.4 is 10.9 Å². The fourth-order valence-electron chi connectivity index (χ4n) is 2.78. The molecule has 24 heavy (non-hydrogen) atoms. The second kappa shape index (κ2) is 6.43. The zero-order valence-electron chi connectivity index (χ0n) is 14.1. The second-order valence-electron chi connectivity index (χ2n) is 6.27. The number of rotatable bonds is 4. The van der Waals surface area contributed by atoms with Crippen LogP contribution in [-0.4, -0.2) is 10.9 Å². The summed E-state index contributed by atoms with van der Waals surface area (Å²) < 4.78 is 5.40. The molecule has 0 aliphatic heterocycles. The third-order valence-electron chi connectivity index (χ3n) is 3.85. The Labute approximate surface area is 139 Å². The van der Waals surface area contributed by atoms with Crippen LogP contribution in [0.4, 0.5) is 5.82 Å². The third-order valence-corrected chi connectivity index (χ3v) is 3.85. The first-order valence-corrected chi connectivity index (χ1v) is 8.15. The van der Waals surface area contributed by atoms with Gasteiger partial charge in [0, 0.05) is 22.9 Å². The number of hydrogen-bond donors (Lipinski definition) is 1. The lowest BCUT2D eigenvalue weighted by molar-refractivity contribution is -0.115. The first-order valence-electron chi connectivity index (χ1n) is 8.15. The smallest absolute Gasteiger partial charge is 0.347 e. The summed E-state index contributed by atoms with van der Waals surface area (Å²) >= 11 is 0. The number of pyridine rings is 1. The van der Waals surface area contributed by atoms with Crippen LogP contribution in [0.3, 0.4) is 0 Å². The first kappa shape index (κ1) is 16.2. The van der Waals surface area contributed by atoms with Crippen molar-refractivity contribution in [2.24, 2.45) is 5.92 Å². The lowest BCUT2D eigenvalue weighted by atomic mass is 10.0. The van der Waals surface area contributed by atoms with Gasteiger partial charge in [-0.2, -0.15) is 0 Å². The largest absolute Gasteiger partial charge is 0.422 e. The van der Waals surface area contributed by atoms with Crippen LogP contribution >= 0.6 is 0 Å². The second-order valence-corrected chi connectivity index (χ2v) is 6.27. The van der Waals surface area contributed by atoms with Crippen molar-refractivity contribution in [3.63, 3.8) is 0 Å². The number of para-hydroxylation sites is 1. The molecule has 0 aliphatic carbocycles. The van der Waals surface area contributed by atoms with Crippen LogP contribution in [0.2, 0.25) is 0 Å². The van der Waals surface area contributed by atoms with Gasteiger partial charge in [0.1, 0.15) is 16.8 Å². The summed E-state index contributed by atoms with van der Waals surface area (Å²) in [5, 5.41) is 4.67. The SMILES string of the molecule is CCC(=O)Nc1nc(CC(C)C)cc2c1c(=O)oc1ccccc12. The molecule has 5 nitrogen and oxygen atoms in total. The predicted octanol–water partition coefficient (Wildman–Crippen LogP) is 3.89.